The van der Waals surface area contributed by atoms with Crippen LogP contribution in [-0.4, -0.2) is 20.2 Å². The SMILES string of the molecule is Cc1cc2c(-c3ccc(O)cc3)nc(-c3c(C)noc3C)cc2[nH]1. The molecule has 3 heterocycles. The first-order valence-electron chi connectivity index (χ1n) is 7.76. The maximum Gasteiger partial charge on any atom is 0.143 e. The van der Waals surface area contributed by atoms with E-state index in [0.717, 1.165) is 50.6 Å². The predicted octanol–water partition coefficient (Wildman–Crippen LogP) is 4.52. The Bertz CT molecular complexity index is 1020. The fourth-order valence-electron chi connectivity index (χ4n) is 3.09. The number of hydrogen-bond acceptors (Lipinski definition) is 4. The van der Waals surface area contributed by atoms with Crippen LogP contribution in [0.3, 0.4) is 0 Å². The highest BCUT2D eigenvalue weighted by Crippen LogP contribution is 2.34. The number of phenols is 1. The quantitative estimate of drug-likeness (QED) is 0.570. The summed E-state index contributed by atoms with van der Waals surface area (Å²) in [4.78, 5) is 8.26. The molecule has 0 atom stereocenters. The Labute approximate surface area is 139 Å². The molecule has 120 valence electrons. The number of aromatic amines is 1. The molecular formula is C19H17N3O2. The van der Waals surface area contributed by atoms with E-state index in [2.05, 4.69) is 16.2 Å². The van der Waals surface area contributed by atoms with Crippen LogP contribution in [0.25, 0.3) is 33.4 Å². The largest absolute Gasteiger partial charge is 0.508 e. The van der Waals surface area contributed by atoms with Gasteiger partial charge >= 0.3 is 0 Å². The van der Waals surface area contributed by atoms with Crippen molar-refractivity contribution in [2.75, 3.05) is 0 Å². The molecule has 0 radical (unpaired) electrons. The van der Waals surface area contributed by atoms with Crippen LogP contribution in [0.4, 0.5) is 0 Å². The van der Waals surface area contributed by atoms with Crippen LogP contribution >= 0.6 is 0 Å². The van der Waals surface area contributed by atoms with Gasteiger partial charge < -0.3 is 14.6 Å². The van der Waals surface area contributed by atoms with E-state index in [4.69, 9.17) is 9.51 Å². The van der Waals surface area contributed by atoms with Crippen molar-refractivity contribution >= 4 is 10.9 Å². The molecule has 0 fully saturated rings. The van der Waals surface area contributed by atoms with Gasteiger partial charge in [0.1, 0.15) is 11.5 Å². The highest BCUT2D eigenvalue weighted by atomic mass is 16.5. The number of H-pyrrole nitrogens is 1. The number of nitrogens with zero attached hydrogens (tertiary/aromatic N) is 2. The summed E-state index contributed by atoms with van der Waals surface area (Å²) >= 11 is 0. The summed E-state index contributed by atoms with van der Waals surface area (Å²) in [6.45, 7) is 5.83. The second kappa shape index (κ2) is 5.23. The van der Waals surface area contributed by atoms with Gasteiger partial charge in [0.05, 0.1) is 22.6 Å². The summed E-state index contributed by atoms with van der Waals surface area (Å²) in [6, 6.07) is 11.2. The van der Waals surface area contributed by atoms with Crippen LogP contribution in [0, 0.1) is 20.8 Å². The molecule has 0 aliphatic carbocycles. The standard InChI is InChI=1S/C19H17N3O2/c1-10-8-15-16(20-10)9-17(18-11(2)22-24-12(18)3)21-19(15)13-4-6-14(23)7-5-13/h4-9,20,23H,1-3H3. The van der Waals surface area contributed by atoms with Gasteiger partial charge in [-0.25, -0.2) is 4.98 Å². The van der Waals surface area contributed by atoms with Gasteiger partial charge in [0.2, 0.25) is 0 Å². The van der Waals surface area contributed by atoms with Crippen molar-refractivity contribution in [3.05, 3.63) is 53.5 Å². The Balaban J connectivity index is 2.03. The zero-order valence-corrected chi connectivity index (χ0v) is 13.7. The third-order valence-electron chi connectivity index (χ3n) is 4.18. The smallest absolute Gasteiger partial charge is 0.143 e. The third-order valence-corrected chi connectivity index (χ3v) is 4.18. The van der Waals surface area contributed by atoms with Crippen molar-refractivity contribution < 1.29 is 9.63 Å². The number of fused-ring (bicyclic) bond motifs is 1. The average molecular weight is 319 g/mol. The molecule has 0 aliphatic heterocycles. The maximum atomic E-state index is 9.55. The van der Waals surface area contributed by atoms with E-state index in [1.807, 2.05) is 39.0 Å². The summed E-state index contributed by atoms with van der Waals surface area (Å²) < 4.78 is 5.30. The van der Waals surface area contributed by atoms with Gasteiger partial charge in [-0.05, 0) is 57.2 Å². The molecule has 0 saturated carbocycles. The first-order chi connectivity index (χ1) is 11.5. The summed E-state index contributed by atoms with van der Waals surface area (Å²) in [5, 5.41) is 14.6. The van der Waals surface area contributed by atoms with Gasteiger partial charge in [-0.1, -0.05) is 5.16 Å². The molecule has 5 nitrogen and oxygen atoms in total. The fraction of sp³-hybridized carbons (Fsp3) is 0.158. The highest BCUT2D eigenvalue weighted by Gasteiger charge is 2.17. The van der Waals surface area contributed by atoms with Crippen LogP contribution in [-0.2, 0) is 0 Å². The van der Waals surface area contributed by atoms with Crippen LogP contribution in [0.1, 0.15) is 17.1 Å². The van der Waals surface area contributed by atoms with Crippen molar-refractivity contribution in [3.63, 3.8) is 0 Å². The highest BCUT2D eigenvalue weighted by molar-refractivity contribution is 5.96. The Morgan fingerprint density at radius 2 is 1.79 bits per heavy atom. The normalized spacial score (nSPS) is 11.3. The number of rotatable bonds is 2. The first-order valence-corrected chi connectivity index (χ1v) is 7.76. The molecule has 2 N–H and O–H groups in total. The fourth-order valence-corrected chi connectivity index (χ4v) is 3.09. The van der Waals surface area contributed by atoms with E-state index in [0.29, 0.717) is 0 Å². The molecule has 0 aliphatic rings. The van der Waals surface area contributed by atoms with E-state index < -0.39 is 0 Å². The number of hydrogen-bond donors (Lipinski definition) is 2. The number of aromatic nitrogens is 3. The zero-order chi connectivity index (χ0) is 16.8. The Kier molecular flexibility index (Phi) is 3.16. The third kappa shape index (κ3) is 2.25. The lowest BCUT2D eigenvalue weighted by molar-refractivity contribution is 0.393. The van der Waals surface area contributed by atoms with Crippen LogP contribution < -0.4 is 0 Å². The second-order valence-corrected chi connectivity index (χ2v) is 6.02. The minimum atomic E-state index is 0.238. The summed E-state index contributed by atoms with van der Waals surface area (Å²) in [5.74, 6) is 0.987. The van der Waals surface area contributed by atoms with E-state index in [1.54, 1.807) is 12.1 Å². The van der Waals surface area contributed by atoms with Crippen molar-refractivity contribution in [1.29, 1.82) is 0 Å². The second-order valence-electron chi connectivity index (χ2n) is 6.02. The molecule has 0 bridgehead atoms. The van der Waals surface area contributed by atoms with Crippen molar-refractivity contribution in [3.8, 4) is 28.3 Å². The lowest BCUT2D eigenvalue weighted by Crippen LogP contribution is -1.91. The summed E-state index contributed by atoms with van der Waals surface area (Å²) in [5.41, 5.74) is 6.47. The lowest BCUT2D eigenvalue weighted by atomic mass is 10.0. The molecule has 4 aromatic rings. The first kappa shape index (κ1) is 14.5. The van der Waals surface area contributed by atoms with Gasteiger partial charge in [0, 0.05) is 22.2 Å². The summed E-state index contributed by atoms with van der Waals surface area (Å²) in [7, 11) is 0. The zero-order valence-electron chi connectivity index (χ0n) is 13.7. The van der Waals surface area contributed by atoms with Gasteiger partial charge in [-0.3, -0.25) is 0 Å². The minimum Gasteiger partial charge on any atom is -0.508 e. The number of pyridine rings is 1. The lowest BCUT2D eigenvalue weighted by Gasteiger charge is -2.07. The van der Waals surface area contributed by atoms with E-state index in [9.17, 15) is 5.11 Å². The molecule has 3 aromatic heterocycles. The molecule has 0 amide bonds. The Morgan fingerprint density at radius 1 is 1.04 bits per heavy atom. The van der Waals surface area contributed by atoms with E-state index in [1.165, 1.54) is 0 Å². The monoisotopic (exact) mass is 319 g/mol. The molecule has 5 heteroatoms. The predicted molar refractivity (Wildman–Crippen MR) is 92.9 cm³/mol. The summed E-state index contributed by atoms with van der Waals surface area (Å²) in [6.07, 6.45) is 0. The number of phenolic OH excluding ortho intramolecular Hbond substituents is 1. The van der Waals surface area contributed by atoms with Gasteiger partial charge in [-0.2, -0.15) is 0 Å². The van der Waals surface area contributed by atoms with E-state index in [-0.39, 0.29) is 5.75 Å². The van der Waals surface area contributed by atoms with Gasteiger partial charge in [0.15, 0.2) is 0 Å². The number of aromatic hydroxyl groups is 1. The number of aryl methyl sites for hydroxylation is 3. The van der Waals surface area contributed by atoms with Crippen molar-refractivity contribution in [1.82, 2.24) is 15.1 Å². The van der Waals surface area contributed by atoms with Gasteiger partial charge in [0.25, 0.3) is 0 Å². The molecule has 4 rings (SSSR count). The molecule has 1 aromatic carbocycles. The van der Waals surface area contributed by atoms with Crippen molar-refractivity contribution in [2.45, 2.75) is 20.8 Å². The van der Waals surface area contributed by atoms with Gasteiger partial charge in [-0.15, -0.1) is 0 Å². The molecule has 0 saturated heterocycles. The Hall–Kier alpha value is -3.08. The molecule has 0 spiro atoms. The number of benzene rings is 1. The van der Waals surface area contributed by atoms with Crippen LogP contribution in [0.5, 0.6) is 5.75 Å². The van der Waals surface area contributed by atoms with E-state index >= 15 is 0 Å². The minimum absolute atomic E-state index is 0.238. The topological polar surface area (TPSA) is 74.9 Å². The van der Waals surface area contributed by atoms with Crippen molar-refractivity contribution in [2.24, 2.45) is 0 Å². The number of nitrogens with one attached hydrogen (secondary N) is 1. The van der Waals surface area contributed by atoms with Crippen LogP contribution in [0.15, 0.2) is 40.9 Å². The molecule has 24 heavy (non-hydrogen) atoms. The maximum absolute atomic E-state index is 9.55. The average Bonchev–Trinajstić information content (AvgIpc) is 3.08. The molecular weight excluding hydrogens is 302 g/mol. The van der Waals surface area contributed by atoms with Crippen LogP contribution in [0.2, 0.25) is 0 Å². The molecule has 0 unspecified atom stereocenters. The Morgan fingerprint density at radius 3 is 2.46 bits per heavy atom.